The highest BCUT2D eigenvalue weighted by atomic mass is 28.4. The lowest BCUT2D eigenvalue weighted by atomic mass is 11.8. The molecule has 0 aliphatic heterocycles. The maximum atomic E-state index is 7.85. The summed E-state index contributed by atoms with van der Waals surface area (Å²) < 4.78 is 3.74. The van der Waals surface area contributed by atoms with Gasteiger partial charge in [0, 0.05) is 7.11 Å². The second-order valence-electron chi connectivity index (χ2n) is 0.778. The van der Waals surface area contributed by atoms with Gasteiger partial charge in [-0.25, -0.2) is 0 Å². The van der Waals surface area contributed by atoms with Gasteiger partial charge in [0.15, 0.2) is 0 Å². The molecule has 0 unspecified atom stereocenters. The number of hydrogen-bond acceptors (Lipinski definition) is 4. The fourth-order valence-corrected chi connectivity index (χ4v) is 0. The van der Waals surface area contributed by atoms with E-state index in [0.717, 1.165) is 7.11 Å². The first-order chi connectivity index (χ1) is 2.56. The molecule has 0 spiro atoms. The van der Waals surface area contributed by atoms with Crippen LogP contribution in [0.2, 0.25) is 0 Å². The molecular formula is CH10O4Si2. The van der Waals surface area contributed by atoms with Crippen LogP contribution in [-0.4, -0.2) is 41.5 Å². The molecule has 0 aromatic carbocycles. The van der Waals surface area contributed by atoms with Gasteiger partial charge in [-0.3, -0.25) is 0 Å². The first-order valence-corrected chi connectivity index (χ1v) is 3.03. The average Bonchev–Trinajstić information content (AvgIpc) is 1.35. The highest BCUT2D eigenvalue weighted by Crippen LogP contribution is 1.80. The quantitative estimate of drug-likeness (QED) is 0.334. The van der Waals surface area contributed by atoms with Crippen LogP contribution in [0.3, 0.4) is 0 Å². The summed E-state index contributed by atoms with van der Waals surface area (Å²) in [5.41, 5.74) is 0. The lowest BCUT2D eigenvalue weighted by Crippen LogP contribution is -2.37. The molecule has 7 heavy (non-hydrogen) atoms. The molecule has 0 aromatic rings. The maximum Gasteiger partial charge on any atom is 0.671 e. The van der Waals surface area contributed by atoms with Gasteiger partial charge in [0.05, 0.1) is 0 Å². The Balaban J connectivity index is 0. The van der Waals surface area contributed by atoms with E-state index >= 15 is 0 Å². The van der Waals surface area contributed by atoms with E-state index in [4.69, 9.17) is 14.4 Å². The molecule has 4 nitrogen and oxygen atoms in total. The van der Waals surface area contributed by atoms with Crippen molar-refractivity contribution in [2.24, 2.45) is 0 Å². The Morgan fingerprint density at radius 2 is 1.43 bits per heavy atom. The predicted molar refractivity (Wildman–Crippen MR) is 30.8 cm³/mol. The summed E-state index contributed by atoms with van der Waals surface area (Å²) in [6.45, 7) is 0. The molecule has 0 atom stereocenters. The Morgan fingerprint density at radius 1 is 1.29 bits per heavy atom. The van der Waals surface area contributed by atoms with E-state index in [1.165, 1.54) is 0 Å². The van der Waals surface area contributed by atoms with Gasteiger partial charge in [0.1, 0.15) is 0 Å². The van der Waals surface area contributed by atoms with Crippen molar-refractivity contribution >= 4 is 20.0 Å². The minimum atomic E-state index is -4.13. The van der Waals surface area contributed by atoms with Crippen LogP contribution in [0, 0.1) is 0 Å². The first-order valence-electron chi connectivity index (χ1n) is 1.28. The van der Waals surface area contributed by atoms with Gasteiger partial charge in [-0.15, -0.1) is 0 Å². The summed E-state index contributed by atoms with van der Waals surface area (Å²) >= 11 is 0. The van der Waals surface area contributed by atoms with Gasteiger partial charge < -0.3 is 18.8 Å². The minimum Gasteiger partial charge on any atom is -0.368 e. The second kappa shape index (κ2) is 3.30. The highest BCUT2D eigenvalue weighted by molar-refractivity contribution is 6.48. The molecule has 0 aromatic heterocycles. The summed E-state index contributed by atoms with van der Waals surface area (Å²) in [6, 6.07) is 0. The second-order valence-corrected chi connectivity index (χ2v) is 2.33. The monoisotopic (exact) mass is 142 g/mol. The van der Waals surface area contributed by atoms with E-state index in [2.05, 4.69) is 4.43 Å². The summed E-state index contributed by atoms with van der Waals surface area (Å²) in [7, 11) is -3.11. The molecule has 0 aliphatic rings. The van der Waals surface area contributed by atoms with E-state index in [-0.39, 0.29) is 11.0 Å². The van der Waals surface area contributed by atoms with Crippen LogP contribution < -0.4 is 0 Å². The third-order valence-corrected chi connectivity index (χ3v) is 0.822. The average molecular weight is 142 g/mol. The van der Waals surface area contributed by atoms with Crippen molar-refractivity contribution in [3.8, 4) is 0 Å². The van der Waals surface area contributed by atoms with Crippen LogP contribution in [0.4, 0.5) is 0 Å². The van der Waals surface area contributed by atoms with Crippen LogP contribution in [-0.2, 0) is 4.43 Å². The smallest absolute Gasteiger partial charge is 0.368 e. The van der Waals surface area contributed by atoms with E-state index in [1.54, 1.807) is 0 Å². The van der Waals surface area contributed by atoms with Crippen molar-refractivity contribution in [3.05, 3.63) is 0 Å². The molecule has 0 amide bonds. The van der Waals surface area contributed by atoms with E-state index < -0.39 is 9.05 Å². The van der Waals surface area contributed by atoms with Crippen molar-refractivity contribution in [2.75, 3.05) is 7.11 Å². The molecule has 0 fully saturated rings. The minimum absolute atomic E-state index is 0. The Morgan fingerprint density at radius 3 is 1.43 bits per heavy atom. The Labute approximate surface area is 46.9 Å². The molecular weight excluding hydrogens is 132 g/mol. The lowest BCUT2D eigenvalue weighted by molar-refractivity contribution is 0.0881. The molecule has 0 heterocycles. The molecule has 0 saturated heterocycles. The zero-order valence-corrected chi connectivity index (χ0v) is 4.25. The van der Waals surface area contributed by atoms with E-state index in [1.807, 2.05) is 0 Å². The Kier molecular flexibility index (Phi) is 4.85. The zero-order valence-electron chi connectivity index (χ0n) is 3.25. The fourth-order valence-electron chi connectivity index (χ4n) is 0. The van der Waals surface area contributed by atoms with E-state index in [9.17, 15) is 0 Å². The molecule has 6 heteroatoms. The van der Waals surface area contributed by atoms with Crippen molar-refractivity contribution < 1.29 is 18.8 Å². The van der Waals surface area contributed by atoms with Crippen molar-refractivity contribution in [1.82, 2.24) is 0 Å². The molecule has 0 radical (unpaired) electrons. The van der Waals surface area contributed by atoms with Gasteiger partial charge in [-0.05, 0) is 11.0 Å². The van der Waals surface area contributed by atoms with Gasteiger partial charge in [0.25, 0.3) is 0 Å². The SMILES string of the molecule is CO[Si](O)(O)O.[SiH4]. The Hall–Kier alpha value is 0.274. The normalized spacial score (nSPS) is 10.3. The number of hydrogen-bond donors (Lipinski definition) is 3. The molecule has 0 bridgehead atoms. The van der Waals surface area contributed by atoms with Crippen LogP contribution >= 0.6 is 0 Å². The molecule has 3 N–H and O–H groups in total. The standard InChI is InChI=1S/CH6O4Si.H4Si/c1-5-6(2,3)4;/h2-4H,1H3;1H4. The van der Waals surface area contributed by atoms with Crippen LogP contribution in [0.15, 0.2) is 0 Å². The summed E-state index contributed by atoms with van der Waals surface area (Å²) in [4.78, 5) is 23.6. The lowest BCUT2D eigenvalue weighted by Gasteiger charge is -2.01. The largest absolute Gasteiger partial charge is 0.671 e. The third kappa shape index (κ3) is 10.7. The van der Waals surface area contributed by atoms with Gasteiger partial charge in [-0.1, -0.05) is 0 Å². The van der Waals surface area contributed by atoms with E-state index in [0.29, 0.717) is 0 Å². The van der Waals surface area contributed by atoms with Gasteiger partial charge in [0.2, 0.25) is 0 Å². The Bertz CT molecular complexity index is 39.4. The molecule has 46 valence electrons. The fraction of sp³-hybridized carbons (Fsp3) is 1.00. The third-order valence-electron chi connectivity index (χ3n) is 0.274. The molecule has 0 saturated carbocycles. The summed E-state index contributed by atoms with van der Waals surface area (Å²) in [5.74, 6) is 0. The topological polar surface area (TPSA) is 69.9 Å². The summed E-state index contributed by atoms with van der Waals surface area (Å²) in [6.07, 6.45) is 0. The molecule has 0 rings (SSSR count). The van der Waals surface area contributed by atoms with Crippen LogP contribution in [0.1, 0.15) is 0 Å². The van der Waals surface area contributed by atoms with Gasteiger partial charge in [-0.2, -0.15) is 0 Å². The van der Waals surface area contributed by atoms with Crippen molar-refractivity contribution in [2.45, 2.75) is 0 Å². The number of rotatable bonds is 1. The maximum absolute atomic E-state index is 7.85. The first kappa shape index (κ1) is 10.3. The van der Waals surface area contributed by atoms with Crippen molar-refractivity contribution in [1.29, 1.82) is 0 Å². The molecule has 0 aliphatic carbocycles. The predicted octanol–water partition coefficient (Wildman–Crippen LogP) is -3.41. The van der Waals surface area contributed by atoms with Crippen LogP contribution in [0.5, 0.6) is 0 Å². The highest BCUT2D eigenvalue weighted by Gasteiger charge is 2.27. The van der Waals surface area contributed by atoms with Crippen molar-refractivity contribution in [3.63, 3.8) is 0 Å². The zero-order chi connectivity index (χ0) is 5.21. The van der Waals surface area contributed by atoms with Crippen LogP contribution in [0.25, 0.3) is 0 Å². The van der Waals surface area contributed by atoms with Gasteiger partial charge >= 0.3 is 9.05 Å². The summed E-state index contributed by atoms with van der Waals surface area (Å²) in [5, 5.41) is 0.